The first kappa shape index (κ1) is 20.3. The predicted molar refractivity (Wildman–Crippen MR) is 107 cm³/mol. The normalized spacial score (nSPS) is 13.9. The van der Waals surface area contributed by atoms with Gasteiger partial charge >= 0.3 is 0 Å². The van der Waals surface area contributed by atoms with E-state index in [2.05, 4.69) is 4.98 Å². The minimum atomic E-state index is -0.415. The summed E-state index contributed by atoms with van der Waals surface area (Å²) in [5, 5.41) is 0.434. The lowest BCUT2D eigenvalue weighted by atomic mass is 9.90. The summed E-state index contributed by atoms with van der Waals surface area (Å²) in [6.45, 7) is 2.91. The molecule has 1 aliphatic rings. The molecule has 1 saturated heterocycles. The average molecular weight is 404 g/mol. The summed E-state index contributed by atoms with van der Waals surface area (Å²) in [6.07, 6.45) is 3.03. The van der Waals surface area contributed by atoms with Crippen molar-refractivity contribution in [3.05, 3.63) is 58.6 Å². The van der Waals surface area contributed by atoms with Crippen LogP contribution in [0.5, 0.6) is 0 Å². The van der Waals surface area contributed by atoms with Crippen molar-refractivity contribution < 1.29 is 14.0 Å². The number of benzene rings is 1. The van der Waals surface area contributed by atoms with E-state index in [1.807, 2.05) is 12.1 Å². The van der Waals surface area contributed by atoms with Gasteiger partial charge in [-0.05, 0) is 35.7 Å². The molecule has 1 fully saturated rings. The Bertz CT molecular complexity index is 866. The second-order valence-electron chi connectivity index (χ2n) is 7.00. The number of carbonyl (C=O) groups is 2. The van der Waals surface area contributed by atoms with Crippen molar-refractivity contribution in [3.63, 3.8) is 0 Å². The van der Waals surface area contributed by atoms with Crippen LogP contribution in [0.3, 0.4) is 0 Å². The molecule has 2 heterocycles. The quantitative estimate of drug-likeness (QED) is 0.689. The molecule has 0 N–H and O–H groups in total. The SMILES string of the molecule is CCC(=O)N(C)c1ccc(C2CN(C(=O)CCc3ccc(Cl)nc3)C2)cc1F. The van der Waals surface area contributed by atoms with Gasteiger partial charge in [0.25, 0.3) is 0 Å². The van der Waals surface area contributed by atoms with Crippen molar-refractivity contribution in [1.82, 2.24) is 9.88 Å². The van der Waals surface area contributed by atoms with E-state index in [0.717, 1.165) is 11.1 Å². The number of pyridine rings is 1. The molecule has 2 aromatic rings. The van der Waals surface area contributed by atoms with Gasteiger partial charge in [0.15, 0.2) is 0 Å². The van der Waals surface area contributed by atoms with Gasteiger partial charge in [0, 0.05) is 45.1 Å². The Morgan fingerprint density at radius 3 is 2.64 bits per heavy atom. The fourth-order valence-corrected chi connectivity index (χ4v) is 3.39. The van der Waals surface area contributed by atoms with Crippen LogP contribution in [0.4, 0.5) is 10.1 Å². The van der Waals surface area contributed by atoms with Crippen molar-refractivity contribution in [2.75, 3.05) is 25.0 Å². The van der Waals surface area contributed by atoms with Gasteiger partial charge in [-0.2, -0.15) is 0 Å². The minimum Gasteiger partial charge on any atom is -0.341 e. The van der Waals surface area contributed by atoms with Gasteiger partial charge in [-0.15, -0.1) is 0 Å². The minimum absolute atomic E-state index is 0.0802. The molecule has 0 spiro atoms. The molecule has 1 aromatic carbocycles. The Morgan fingerprint density at radius 1 is 1.29 bits per heavy atom. The summed E-state index contributed by atoms with van der Waals surface area (Å²) in [7, 11) is 1.57. The van der Waals surface area contributed by atoms with Crippen LogP contribution in [-0.4, -0.2) is 41.8 Å². The number of nitrogens with zero attached hydrogens (tertiary/aromatic N) is 3. The van der Waals surface area contributed by atoms with Crippen LogP contribution in [0.25, 0.3) is 0 Å². The van der Waals surface area contributed by atoms with Crippen LogP contribution in [0.15, 0.2) is 36.5 Å². The lowest BCUT2D eigenvalue weighted by Gasteiger charge is -2.40. The van der Waals surface area contributed by atoms with Crippen LogP contribution >= 0.6 is 11.6 Å². The largest absolute Gasteiger partial charge is 0.341 e. The number of hydrogen-bond acceptors (Lipinski definition) is 3. The Hall–Kier alpha value is -2.47. The van der Waals surface area contributed by atoms with E-state index in [1.54, 1.807) is 37.2 Å². The van der Waals surface area contributed by atoms with E-state index in [9.17, 15) is 14.0 Å². The summed E-state index contributed by atoms with van der Waals surface area (Å²) in [6, 6.07) is 8.53. The monoisotopic (exact) mass is 403 g/mol. The lowest BCUT2D eigenvalue weighted by Crippen LogP contribution is -2.48. The number of anilines is 1. The third-order valence-corrected chi connectivity index (χ3v) is 5.36. The summed E-state index contributed by atoms with van der Waals surface area (Å²) in [5.41, 5.74) is 2.10. The standard InChI is InChI=1S/C21H23ClFN3O2/c1-3-20(27)25(2)18-7-6-15(10-17(18)23)16-12-26(13-16)21(28)9-5-14-4-8-19(22)24-11-14/h4,6-8,10-11,16H,3,5,9,12-13H2,1-2H3. The highest BCUT2D eigenvalue weighted by Crippen LogP contribution is 2.30. The van der Waals surface area contributed by atoms with E-state index >= 15 is 0 Å². The first-order chi connectivity index (χ1) is 13.4. The van der Waals surface area contributed by atoms with Gasteiger partial charge in [-0.3, -0.25) is 9.59 Å². The summed E-state index contributed by atoms with van der Waals surface area (Å²) in [5.74, 6) is -0.349. The molecule has 0 bridgehead atoms. The molecule has 28 heavy (non-hydrogen) atoms. The van der Waals surface area contributed by atoms with Crippen LogP contribution in [0, 0.1) is 5.82 Å². The lowest BCUT2D eigenvalue weighted by molar-refractivity contribution is -0.135. The van der Waals surface area contributed by atoms with Gasteiger partial charge in [0.1, 0.15) is 11.0 Å². The fourth-order valence-electron chi connectivity index (χ4n) is 3.28. The average Bonchev–Trinajstić information content (AvgIpc) is 2.65. The van der Waals surface area contributed by atoms with Crippen molar-refractivity contribution in [2.24, 2.45) is 0 Å². The maximum absolute atomic E-state index is 14.4. The number of amides is 2. The number of carbonyl (C=O) groups excluding carboxylic acids is 2. The number of hydrogen-bond donors (Lipinski definition) is 0. The Balaban J connectivity index is 1.53. The molecule has 0 unspecified atom stereocenters. The smallest absolute Gasteiger partial charge is 0.226 e. The van der Waals surface area contributed by atoms with Gasteiger partial charge in [0.2, 0.25) is 11.8 Å². The second-order valence-corrected chi connectivity index (χ2v) is 7.39. The molecular weight excluding hydrogens is 381 g/mol. The molecule has 1 aromatic heterocycles. The number of likely N-dealkylation sites (tertiary alicyclic amines) is 1. The number of aromatic nitrogens is 1. The van der Waals surface area contributed by atoms with E-state index in [0.29, 0.717) is 37.5 Å². The van der Waals surface area contributed by atoms with E-state index in [4.69, 9.17) is 11.6 Å². The first-order valence-electron chi connectivity index (χ1n) is 9.33. The third-order valence-electron chi connectivity index (χ3n) is 5.13. The van der Waals surface area contributed by atoms with E-state index in [1.165, 1.54) is 11.0 Å². The van der Waals surface area contributed by atoms with E-state index < -0.39 is 5.82 Å². The molecule has 0 saturated carbocycles. The third kappa shape index (κ3) is 4.50. The molecule has 7 heteroatoms. The second kappa shape index (κ2) is 8.69. The number of halogens is 2. The molecule has 3 rings (SSSR count). The summed E-state index contributed by atoms with van der Waals surface area (Å²) < 4.78 is 14.4. The highest BCUT2D eigenvalue weighted by atomic mass is 35.5. The molecule has 1 aliphatic heterocycles. The topological polar surface area (TPSA) is 53.5 Å². The van der Waals surface area contributed by atoms with Crippen molar-refractivity contribution >= 4 is 29.1 Å². The van der Waals surface area contributed by atoms with Crippen molar-refractivity contribution in [3.8, 4) is 0 Å². The zero-order chi connectivity index (χ0) is 20.3. The van der Waals surface area contributed by atoms with Crippen molar-refractivity contribution in [1.29, 1.82) is 0 Å². The molecule has 5 nitrogen and oxygen atoms in total. The molecule has 0 atom stereocenters. The summed E-state index contributed by atoms with van der Waals surface area (Å²) >= 11 is 5.76. The number of rotatable bonds is 6. The summed E-state index contributed by atoms with van der Waals surface area (Å²) in [4.78, 5) is 31.2. The van der Waals surface area contributed by atoms with E-state index in [-0.39, 0.29) is 23.4 Å². The van der Waals surface area contributed by atoms with Gasteiger partial charge in [-0.25, -0.2) is 9.37 Å². The Kier molecular flexibility index (Phi) is 6.29. The molecule has 0 aliphatic carbocycles. The van der Waals surface area contributed by atoms with Crippen LogP contribution in [-0.2, 0) is 16.0 Å². The zero-order valence-electron chi connectivity index (χ0n) is 16.0. The highest BCUT2D eigenvalue weighted by Gasteiger charge is 2.32. The maximum Gasteiger partial charge on any atom is 0.226 e. The van der Waals surface area contributed by atoms with Crippen LogP contribution in [0.1, 0.15) is 36.8 Å². The predicted octanol–water partition coefficient (Wildman–Crippen LogP) is 3.81. The van der Waals surface area contributed by atoms with Crippen LogP contribution in [0.2, 0.25) is 5.15 Å². The molecule has 148 valence electrons. The molecular formula is C21H23ClFN3O2. The van der Waals surface area contributed by atoms with Crippen LogP contribution < -0.4 is 4.90 Å². The maximum atomic E-state index is 14.4. The number of aryl methyl sites for hydroxylation is 1. The Morgan fingerprint density at radius 2 is 2.04 bits per heavy atom. The van der Waals surface area contributed by atoms with Gasteiger partial charge in [-0.1, -0.05) is 30.7 Å². The molecule has 2 amide bonds. The molecule has 0 radical (unpaired) electrons. The van der Waals surface area contributed by atoms with Gasteiger partial charge in [0.05, 0.1) is 5.69 Å². The van der Waals surface area contributed by atoms with Gasteiger partial charge < -0.3 is 9.80 Å². The zero-order valence-corrected chi connectivity index (χ0v) is 16.7. The highest BCUT2D eigenvalue weighted by molar-refractivity contribution is 6.29. The van der Waals surface area contributed by atoms with Crippen molar-refractivity contribution in [2.45, 2.75) is 32.1 Å². The Labute approximate surface area is 169 Å². The first-order valence-corrected chi connectivity index (χ1v) is 9.71. The fraction of sp³-hybridized carbons (Fsp3) is 0.381.